The predicted octanol–water partition coefficient (Wildman–Crippen LogP) is 3.49. The third-order valence-electron chi connectivity index (χ3n) is 6.53. The van der Waals surface area contributed by atoms with E-state index in [1.54, 1.807) is 0 Å². The van der Waals surface area contributed by atoms with Crippen molar-refractivity contribution in [1.29, 1.82) is 0 Å². The Balaban J connectivity index is 2.99. The highest BCUT2D eigenvalue weighted by Crippen LogP contribution is 2.40. The van der Waals surface area contributed by atoms with Gasteiger partial charge in [-0.2, -0.15) is 0 Å². The molecule has 0 spiro atoms. The van der Waals surface area contributed by atoms with Gasteiger partial charge in [0.25, 0.3) is 0 Å². The molecule has 0 bridgehead atoms. The van der Waals surface area contributed by atoms with Crippen LogP contribution in [0.2, 0.25) is 36.3 Å². The first-order chi connectivity index (χ1) is 11.9. The Kier molecular flexibility index (Phi) is 7.95. The predicted molar refractivity (Wildman–Crippen MR) is 113 cm³/mol. The van der Waals surface area contributed by atoms with Crippen LogP contribution in [-0.4, -0.2) is 71.3 Å². The molecule has 1 fully saturated rings. The first-order valence-electron chi connectivity index (χ1n) is 9.81. The summed E-state index contributed by atoms with van der Waals surface area (Å²) in [6.45, 7) is 21.7. The fourth-order valence-electron chi connectivity index (χ4n) is 2.40. The Hall–Kier alpha value is 0.194. The molecule has 1 aliphatic rings. The smallest absolute Gasteiger partial charge is 0.192 e. The number of methoxy groups -OCH3 is 1. The van der Waals surface area contributed by atoms with E-state index in [2.05, 4.69) is 67.7 Å². The molecule has 1 aliphatic heterocycles. The van der Waals surface area contributed by atoms with Crippen molar-refractivity contribution in [3.05, 3.63) is 0 Å². The Morgan fingerprint density at radius 1 is 0.852 bits per heavy atom. The summed E-state index contributed by atoms with van der Waals surface area (Å²) in [4.78, 5) is 0. The average Bonchev–Trinajstić information content (AvgIpc) is 2.48. The van der Waals surface area contributed by atoms with Crippen LogP contribution in [0.3, 0.4) is 0 Å². The molecule has 0 unspecified atom stereocenters. The van der Waals surface area contributed by atoms with E-state index in [0.29, 0.717) is 0 Å². The van der Waals surface area contributed by atoms with Crippen LogP contribution < -0.4 is 0 Å². The Morgan fingerprint density at radius 2 is 1.33 bits per heavy atom. The summed E-state index contributed by atoms with van der Waals surface area (Å²) in [5.41, 5.74) is 0. The van der Waals surface area contributed by atoms with Crippen LogP contribution >= 0.6 is 0 Å². The van der Waals surface area contributed by atoms with Gasteiger partial charge in [-0.05, 0) is 36.3 Å². The van der Waals surface area contributed by atoms with Gasteiger partial charge < -0.3 is 28.5 Å². The van der Waals surface area contributed by atoms with Gasteiger partial charge in [-0.15, -0.1) is 0 Å². The number of aliphatic hydroxyl groups excluding tert-OH is 2. The van der Waals surface area contributed by atoms with Gasteiger partial charge in [-0.3, -0.25) is 0 Å². The highest BCUT2D eigenvalue weighted by molar-refractivity contribution is 6.74. The Labute approximate surface area is 167 Å². The van der Waals surface area contributed by atoms with Gasteiger partial charge in [0.2, 0.25) is 0 Å². The summed E-state index contributed by atoms with van der Waals surface area (Å²) in [6, 6.07) is 0. The molecule has 0 amide bonds. The van der Waals surface area contributed by atoms with Gasteiger partial charge in [0.05, 0.1) is 6.61 Å². The molecule has 0 aliphatic carbocycles. The second-order valence-electron chi connectivity index (χ2n) is 10.7. The highest BCUT2D eigenvalue weighted by atomic mass is 28.4. The molecule has 27 heavy (non-hydrogen) atoms. The van der Waals surface area contributed by atoms with Crippen molar-refractivity contribution in [2.45, 2.75) is 109 Å². The van der Waals surface area contributed by atoms with E-state index in [1.165, 1.54) is 7.11 Å². The fourth-order valence-corrected chi connectivity index (χ4v) is 4.72. The lowest BCUT2D eigenvalue weighted by Crippen LogP contribution is -2.63. The van der Waals surface area contributed by atoms with Gasteiger partial charge in [0.15, 0.2) is 22.9 Å². The van der Waals surface area contributed by atoms with Crippen LogP contribution in [0.5, 0.6) is 0 Å². The van der Waals surface area contributed by atoms with Crippen LogP contribution in [0.25, 0.3) is 0 Å². The summed E-state index contributed by atoms with van der Waals surface area (Å²) in [5, 5.41) is 21.6. The maximum absolute atomic E-state index is 10.9. The Bertz CT molecular complexity index is 484. The van der Waals surface area contributed by atoms with Crippen LogP contribution in [0.4, 0.5) is 0 Å². The molecule has 2 N–H and O–H groups in total. The molecular formula is C19H42O6Si2. The topological polar surface area (TPSA) is 77.4 Å². The van der Waals surface area contributed by atoms with E-state index < -0.39 is 47.3 Å². The first-order valence-corrected chi connectivity index (χ1v) is 15.6. The Morgan fingerprint density at radius 3 is 1.74 bits per heavy atom. The molecule has 6 nitrogen and oxygen atoms in total. The van der Waals surface area contributed by atoms with Crippen molar-refractivity contribution in [1.82, 2.24) is 0 Å². The van der Waals surface area contributed by atoms with Crippen molar-refractivity contribution >= 4 is 16.6 Å². The highest BCUT2D eigenvalue weighted by Gasteiger charge is 2.50. The quantitative estimate of drug-likeness (QED) is 0.638. The van der Waals surface area contributed by atoms with Crippen molar-refractivity contribution in [3.8, 4) is 0 Å². The van der Waals surface area contributed by atoms with Crippen LogP contribution in [-0.2, 0) is 18.3 Å². The standard InChI is InChI=1S/C19H42O6Si2/c1-18(2,3)26(8,9)23-12-13-14(20)16(15(21)17(22-7)24-13)25-27(10,11)19(4,5)6/h13-17,20-21H,12H2,1-11H3/t13-,14-,15-,16+,17-/m1/s1. The third kappa shape index (κ3) is 5.85. The van der Waals surface area contributed by atoms with E-state index in [1.807, 2.05) is 0 Å². The van der Waals surface area contributed by atoms with E-state index >= 15 is 0 Å². The zero-order valence-corrected chi connectivity index (χ0v) is 21.1. The van der Waals surface area contributed by atoms with E-state index in [9.17, 15) is 10.2 Å². The normalized spacial score (nSPS) is 31.2. The molecule has 162 valence electrons. The summed E-state index contributed by atoms with van der Waals surface area (Å²) >= 11 is 0. The molecule has 0 aromatic carbocycles. The number of hydrogen-bond donors (Lipinski definition) is 2. The molecule has 8 heteroatoms. The summed E-state index contributed by atoms with van der Waals surface area (Å²) < 4.78 is 23.7. The van der Waals surface area contributed by atoms with Crippen molar-refractivity contribution in [3.63, 3.8) is 0 Å². The van der Waals surface area contributed by atoms with Crippen molar-refractivity contribution in [2.24, 2.45) is 0 Å². The minimum absolute atomic E-state index is 0.0412. The summed E-state index contributed by atoms with van der Waals surface area (Å²) in [7, 11) is -2.71. The molecule has 1 rings (SSSR count). The minimum Gasteiger partial charge on any atom is -0.414 e. The van der Waals surface area contributed by atoms with Gasteiger partial charge >= 0.3 is 0 Å². The second-order valence-corrected chi connectivity index (χ2v) is 20.2. The molecule has 0 aromatic heterocycles. The number of aliphatic hydroxyl groups is 2. The molecule has 5 atom stereocenters. The maximum Gasteiger partial charge on any atom is 0.192 e. The van der Waals surface area contributed by atoms with Gasteiger partial charge in [-0.25, -0.2) is 0 Å². The monoisotopic (exact) mass is 422 g/mol. The molecule has 0 aromatic rings. The SMILES string of the molecule is CO[C@@H]1O[C@H](CO[Si](C)(C)C(C)(C)C)[C@@H](O)[C@H](O[Si](C)(C)C(C)(C)C)[C@H]1O. The van der Waals surface area contributed by atoms with Crippen molar-refractivity contribution in [2.75, 3.05) is 13.7 Å². The van der Waals surface area contributed by atoms with E-state index in [-0.39, 0.29) is 16.7 Å². The van der Waals surface area contributed by atoms with Crippen LogP contribution in [0.15, 0.2) is 0 Å². The number of rotatable bonds is 6. The zero-order valence-electron chi connectivity index (χ0n) is 19.1. The van der Waals surface area contributed by atoms with Gasteiger partial charge in [-0.1, -0.05) is 41.5 Å². The van der Waals surface area contributed by atoms with Crippen LogP contribution in [0, 0.1) is 0 Å². The lowest BCUT2D eigenvalue weighted by Gasteiger charge is -2.48. The molecule has 1 heterocycles. The van der Waals surface area contributed by atoms with Crippen molar-refractivity contribution < 1.29 is 28.5 Å². The summed E-state index contributed by atoms with van der Waals surface area (Å²) in [5.74, 6) is 0. The zero-order chi connectivity index (χ0) is 21.4. The average molecular weight is 423 g/mol. The molecular weight excluding hydrogens is 380 g/mol. The second kappa shape index (κ2) is 8.51. The van der Waals surface area contributed by atoms with Crippen LogP contribution in [0.1, 0.15) is 41.5 Å². The number of ether oxygens (including phenoxy) is 2. The summed E-state index contributed by atoms with van der Waals surface area (Å²) in [6.07, 6.45) is -4.26. The maximum atomic E-state index is 10.9. The third-order valence-corrected chi connectivity index (χ3v) is 15.5. The molecule has 1 saturated heterocycles. The minimum atomic E-state index is -2.20. The first kappa shape index (κ1) is 25.2. The van der Waals surface area contributed by atoms with Gasteiger partial charge in [0.1, 0.15) is 24.4 Å². The van der Waals surface area contributed by atoms with E-state index in [0.717, 1.165) is 0 Å². The molecule has 0 radical (unpaired) electrons. The number of hydrogen-bond acceptors (Lipinski definition) is 6. The molecule has 0 saturated carbocycles. The lowest BCUT2D eigenvalue weighted by atomic mass is 9.99. The largest absolute Gasteiger partial charge is 0.414 e. The lowest BCUT2D eigenvalue weighted by molar-refractivity contribution is -0.290. The fraction of sp³-hybridized carbons (Fsp3) is 1.00. The van der Waals surface area contributed by atoms with Gasteiger partial charge in [0, 0.05) is 7.11 Å². The van der Waals surface area contributed by atoms with E-state index in [4.69, 9.17) is 18.3 Å².